The number of nitrogens with one attached hydrogen (secondary N) is 1. The molecule has 1 unspecified atom stereocenters. The molecule has 0 radical (unpaired) electrons. The van der Waals surface area contributed by atoms with Crippen molar-refractivity contribution >= 4 is 5.78 Å². The van der Waals surface area contributed by atoms with Gasteiger partial charge in [0.2, 0.25) is 0 Å². The maximum absolute atomic E-state index is 11.7. The summed E-state index contributed by atoms with van der Waals surface area (Å²) in [7, 11) is 0. The fourth-order valence-corrected chi connectivity index (χ4v) is 1.72. The first-order chi connectivity index (χ1) is 5.56. The van der Waals surface area contributed by atoms with Crippen molar-refractivity contribution in [3.63, 3.8) is 0 Å². The van der Waals surface area contributed by atoms with Crippen molar-refractivity contribution in [2.24, 2.45) is 0 Å². The lowest BCUT2D eigenvalue weighted by atomic mass is 9.84. The smallest absolute Gasteiger partial charge is 0.177 e. The molecule has 12 heavy (non-hydrogen) atoms. The average molecular weight is 167 g/mol. The topological polar surface area (TPSA) is 29.1 Å². The predicted octanol–water partition coefficient (Wildman–Crippen LogP) is 1.66. The SMILES string of the molecule is C=C(C)C(=O)C1(C)CCCCN1. The number of rotatable bonds is 2. The van der Waals surface area contributed by atoms with Crippen LogP contribution in [-0.4, -0.2) is 17.9 Å². The van der Waals surface area contributed by atoms with E-state index in [4.69, 9.17) is 0 Å². The number of hydrogen-bond acceptors (Lipinski definition) is 2. The lowest BCUT2D eigenvalue weighted by Crippen LogP contribution is -2.52. The molecule has 0 bridgehead atoms. The Morgan fingerprint density at radius 1 is 1.50 bits per heavy atom. The maximum atomic E-state index is 11.7. The van der Waals surface area contributed by atoms with Gasteiger partial charge < -0.3 is 5.32 Å². The van der Waals surface area contributed by atoms with E-state index in [1.54, 1.807) is 6.92 Å². The van der Waals surface area contributed by atoms with E-state index in [0.717, 1.165) is 19.4 Å². The zero-order chi connectivity index (χ0) is 9.19. The molecular formula is C10H17NO. The van der Waals surface area contributed by atoms with Crippen LogP contribution in [0.2, 0.25) is 0 Å². The van der Waals surface area contributed by atoms with Crippen LogP contribution in [0.5, 0.6) is 0 Å². The minimum absolute atomic E-state index is 0.169. The Labute approximate surface area is 74.0 Å². The minimum Gasteiger partial charge on any atom is -0.305 e. The largest absolute Gasteiger partial charge is 0.305 e. The second-order valence-corrected chi connectivity index (χ2v) is 3.83. The van der Waals surface area contributed by atoms with Gasteiger partial charge in [-0.15, -0.1) is 0 Å². The zero-order valence-electron chi connectivity index (χ0n) is 7.94. The molecule has 0 aromatic rings. The maximum Gasteiger partial charge on any atom is 0.177 e. The summed E-state index contributed by atoms with van der Waals surface area (Å²) in [6.07, 6.45) is 3.26. The number of hydrogen-bond donors (Lipinski definition) is 1. The minimum atomic E-state index is -0.329. The lowest BCUT2D eigenvalue weighted by Gasteiger charge is -2.33. The molecule has 1 rings (SSSR count). The van der Waals surface area contributed by atoms with Crippen molar-refractivity contribution in [3.8, 4) is 0 Å². The summed E-state index contributed by atoms with van der Waals surface area (Å²) in [6.45, 7) is 8.40. The molecule has 2 nitrogen and oxygen atoms in total. The van der Waals surface area contributed by atoms with E-state index in [0.29, 0.717) is 5.57 Å². The van der Waals surface area contributed by atoms with Crippen LogP contribution >= 0.6 is 0 Å². The van der Waals surface area contributed by atoms with Crippen LogP contribution in [0, 0.1) is 0 Å². The summed E-state index contributed by atoms with van der Waals surface area (Å²) in [4.78, 5) is 11.7. The molecule has 0 aromatic carbocycles. The molecule has 1 heterocycles. The molecule has 0 aromatic heterocycles. The summed E-state index contributed by atoms with van der Waals surface area (Å²) in [5.74, 6) is 0.169. The first kappa shape index (κ1) is 9.46. The molecule has 1 saturated heterocycles. The van der Waals surface area contributed by atoms with E-state index in [9.17, 15) is 4.79 Å². The third kappa shape index (κ3) is 1.75. The van der Waals surface area contributed by atoms with E-state index >= 15 is 0 Å². The number of piperidine rings is 1. The molecule has 0 aliphatic carbocycles. The molecule has 0 amide bonds. The van der Waals surface area contributed by atoms with Gasteiger partial charge in [-0.1, -0.05) is 6.58 Å². The first-order valence-corrected chi connectivity index (χ1v) is 4.51. The van der Waals surface area contributed by atoms with Gasteiger partial charge in [-0.2, -0.15) is 0 Å². The number of carbonyl (C=O) groups is 1. The standard InChI is InChI=1S/C10H17NO/c1-8(2)9(12)10(3)6-4-5-7-11-10/h11H,1,4-7H2,2-3H3. The second-order valence-electron chi connectivity index (χ2n) is 3.83. The molecule has 1 fully saturated rings. The van der Waals surface area contributed by atoms with Gasteiger partial charge in [-0.3, -0.25) is 4.79 Å². The van der Waals surface area contributed by atoms with E-state index in [2.05, 4.69) is 11.9 Å². The normalized spacial score (nSPS) is 29.8. The highest BCUT2D eigenvalue weighted by Crippen LogP contribution is 2.21. The van der Waals surface area contributed by atoms with Crippen LogP contribution < -0.4 is 5.32 Å². The number of carbonyl (C=O) groups excluding carboxylic acids is 1. The van der Waals surface area contributed by atoms with E-state index in [-0.39, 0.29) is 11.3 Å². The molecule has 1 aliphatic rings. The van der Waals surface area contributed by atoms with E-state index in [1.165, 1.54) is 6.42 Å². The van der Waals surface area contributed by atoms with Gasteiger partial charge in [0.05, 0.1) is 5.54 Å². The van der Waals surface area contributed by atoms with Crippen molar-refractivity contribution in [2.45, 2.75) is 38.6 Å². The molecule has 1 N–H and O–H groups in total. The molecule has 1 aliphatic heterocycles. The van der Waals surface area contributed by atoms with Crippen LogP contribution in [-0.2, 0) is 4.79 Å². The summed E-state index contributed by atoms with van der Waals surface area (Å²) < 4.78 is 0. The van der Waals surface area contributed by atoms with Crippen LogP contribution in [0.25, 0.3) is 0 Å². The van der Waals surface area contributed by atoms with Crippen LogP contribution in [0.4, 0.5) is 0 Å². The van der Waals surface area contributed by atoms with Crippen molar-refractivity contribution in [2.75, 3.05) is 6.54 Å². The van der Waals surface area contributed by atoms with Crippen molar-refractivity contribution in [1.29, 1.82) is 0 Å². The second kappa shape index (κ2) is 3.40. The fraction of sp³-hybridized carbons (Fsp3) is 0.700. The highest BCUT2D eigenvalue weighted by atomic mass is 16.1. The van der Waals surface area contributed by atoms with Gasteiger partial charge in [0.25, 0.3) is 0 Å². The summed E-state index contributed by atoms with van der Waals surface area (Å²) >= 11 is 0. The van der Waals surface area contributed by atoms with E-state index in [1.807, 2.05) is 6.92 Å². The monoisotopic (exact) mass is 167 g/mol. The number of ketones is 1. The molecule has 0 spiro atoms. The molecular weight excluding hydrogens is 150 g/mol. The van der Waals surface area contributed by atoms with Crippen LogP contribution in [0.3, 0.4) is 0 Å². The fourth-order valence-electron chi connectivity index (χ4n) is 1.72. The Bertz CT molecular complexity index is 202. The lowest BCUT2D eigenvalue weighted by molar-refractivity contribution is -0.121. The first-order valence-electron chi connectivity index (χ1n) is 4.51. The Balaban J connectivity index is 2.69. The van der Waals surface area contributed by atoms with Crippen LogP contribution in [0.15, 0.2) is 12.2 Å². The molecule has 0 saturated carbocycles. The molecule has 1 atom stereocenters. The predicted molar refractivity (Wildman–Crippen MR) is 50.1 cm³/mol. The van der Waals surface area contributed by atoms with Gasteiger partial charge in [0.1, 0.15) is 0 Å². The Morgan fingerprint density at radius 2 is 2.17 bits per heavy atom. The molecule has 68 valence electrons. The van der Waals surface area contributed by atoms with Gasteiger partial charge in [0, 0.05) is 0 Å². The average Bonchev–Trinajstić information content (AvgIpc) is 2.04. The van der Waals surface area contributed by atoms with Crippen molar-refractivity contribution in [1.82, 2.24) is 5.32 Å². The quantitative estimate of drug-likeness (QED) is 0.634. The summed E-state index contributed by atoms with van der Waals surface area (Å²) in [5, 5.41) is 3.27. The third-order valence-electron chi connectivity index (χ3n) is 2.51. The Hall–Kier alpha value is -0.630. The Kier molecular flexibility index (Phi) is 2.68. The highest BCUT2D eigenvalue weighted by Gasteiger charge is 2.33. The van der Waals surface area contributed by atoms with Crippen molar-refractivity contribution in [3.05, 3.63) is 12.2 Å². The Morgan fingerprint density at radius 3 is 2.58 bits per heavy atom. The van der Waals surface area contributed by atoms with Gasteiger partial charge in [-0.25, -0.2) is 0 Å². The summed E-state index contributed by atoms with van der Waals surface area (Å²) in [5.41, 5.74) is 0.330. The van der Waals surface area contributed by atoms with Gasteiger partial charge in [-0.05, 0) is 45.2 Å². The number of Topliss-reactive ketones (excluding diaryl/α,β-unsaturated/α-hetero) is 1. The van der Waals surface area contributed by atoms with Gasteiger partial charge in [0.15, 0.2) is 5.78 Å². The van der Waals surface area contributed by atoms with Crippen molar-refractivity contribution < 1.29 is 4.79 Å². The van der Waals surface area contributed by atoms with E-state index < -0.39 is 0 Å². The molecule has 2 heteroatoms. The third-order valence-corrected chi connectivity index (χ3v) is 2.51. The highest BCUT2D eigenvalue weighted by molar-refractivity contribution is 6.01. The summed E-state index contributed by atoms with van der Waals surface area (Å²) in [6, 6.07) is 0. The van der Waals surface area contributed by atoms with Crippen LogP contribution in [0.1, 0.15) is 33.1 Å². The van der Waals surface area contributed by atoms with Gasteiger partial charge >= 0.3 is 0 Å². The zero-order valence-corrected chi connectivity index (χ0v) is 7.94.